The number of oxime groups is 1. The van der Waals surface area contributed by atoms with Gasteiger partial charge in [0.25, 0.3) is 5.56 Å². The topological polar surface area (TPSA) is 116 Å². The minimum atomic E-state index is -0.632. The van der Waals surface area contributed by atoms with Crippen molar-refractivity contribution in [3.05, 3.63) is 50.8 Å². The molecule has 0 radical (unpaired) electrons. The summed E-state index contributed by atoms with van der Waals surface area (Å²) in [4.78, 5) is 30.9. The van der Waals surface area contributed by atoms with Crippen LogP contribution in [0, 0.1) is 6.92 Å². The number of hydrogen-bond acceptors (Lipinski definition) is 5. The first-order chi connectivity index (χ1) is 8.13. The molecule has 88 valence electrons. The van der Waals surface area contributed by atoms with Crippen molar-refractivity contribution in [1.29, 1.82) is 0 Å². The molecule has 8 nitrogen and oxygen atoms in total. The van der Waals surface area contributed by atoms with Gasteiger partial charge in [0.2, 0.25) is 0 Å². The number of nitrogens with zero attached hydrogens (tertiary/aromatic N) is 3. The van der Waals surface area contributed by atoms with Crippen molar-refractivity contribution in [1.82, 2.24) is 19.5 Å². The summed E-state index contributed by atoms with van der Waals surface area (Å²) in [5, 5.41) is 12.0. The summed E-state index contributed by atoms with van der Waals surface area (Å²) in [5.74, 6) is -0.0162. The third kappa shape index (κ3) is 1.87. The summed E-state index contributed by atoms with van der Waals surface area (Å²) < 4.78 is 1.36. The van der Waals surface area contributed by atoms with Gasteiger partial charge < -0.3 is 10.2 Å². The normalized spacial score (nSPS) is 11.7. The van der Waals surface area contributed by atoms with Crippen molar-refractivity contribution < 1.29 is 5.21 Å². The lowest BCUT2D eigenvalue weighted by atomic mass is 10.2. The lowest BCUT2D eigenvalue weighted by molar-refractivity contribution is 0.317. The van der Waals surface area contributed by atoms with E-state index in [1.807, 2.05) is 0 Å². The molecule has 0 aromatic carbocycles. The molecule has 2 heterocycles. The summed E-state index contributed by atoms with van der Waals surface area (Å²) in [5.41, 5.74) is -0.864. The Balaban J connectivity index is 2.69. The van der Waals surface area contributed by atoms with Crippen molar-refractivity contribution in [3.63, 3.8) is 0 Å². The average Bonchev–Trinajstić information content (AvgIpc) is 2.76. The fourth-order valence-corrected chi connectivity index (χ4v) is 1.48. The van der Waals surface area contributed by atoms with Crippen LogP contribution in [0.15, 0.2) is 33.5 Å². The van der Waals surface area contributed by atoms with Gasteiger partial charge in [0, 0.05) is 18.1 Å². The summed E-state index contributed by atoms with van der Waals surface area (Å²) in [6.45, 7) is 1.54. The van der Waals surface area contributed by atoms with Gasteiger partial charge in [-0.2, -0.15) is 0 Å². The predicted octanol–water partition coefficient (Wildman–Crippen LogP) is -0.748. The van der Waals surface area contributed by atoms with E-state index in [4.69, 9.17) is 5.21 Å². The molecule has 0 aliphatic heterocycles. The highest BCUT2D eigenvalue weighted by atomic mass is 16.4. The highest BCUT2D eigenvalue weighted by molar-refractivity contribution is 6.00. The smallest absolute Gasteiger partial charge is 0.325 e. The maximum Gasteiger partial charge on any atom is 0.325 e. The molecule has 17 heavy (non-hydrogen) atoms. The Morgan fingerprint density at radius 1 is 1.47 bits per heavy atom. The largest absolute Gasteiger partial charge is 0.409 e. The Hall–Kier alpha value is -2.64. The number of H-pyrrole nitrogens is 2. The van der Waals surface area contributed by atoms with Gasteiger partial charge in [-0.15, -0.1) is 0 Å². The highest BCUT2D eigenvalue weighted by Gasteiger charge is 2.15. The van der Waals surface area contributed by atoms with Gasteiger partial charge in [0.05, 0.1) is 0 Å². The standard InChI is InChI=1S/C9H9N5O3/c1-5-6(8(15)12-9(16)11-5)7(13-17)14-3-2-10-4-14/h2-4,17H,1H3,(H2,11,12,15,16). The van der Waals surface area contributed by atoms with Crippen LogP contribution in [-0.2, 0) is 0 Å². The Kier molecular flexibility index (Phi) is 2.61. The number of nitrogens with one attached hydrogen (secondary N) is 2. The first-order valence-corrected chi connectivity index (χ1v) is 4.67. The van der Waals surface area contributed by atoms with Crippen LogP contribution in [0.4, 0.5) is 0 Å². The molecular formula is C9H9N5O3. The molecule has 0 saturated heterocycles. The minimum Gasteiger partial charge on any atom is -0.409 e. The minimum absolute atomic E-state index is 0.0162. The quantitative estimate of drug-likeness (QED) is 0.261. The molecule has 0 saturated carbocycles. The predicted molar refractivity (Wildman–Crippen MR) is 58.4 cm³/mol. The first kappa shape index (κ1) is 10.9. The third-order valence-corrected chi connectivity index (χ3v) is 2.20. The summed E-state index contributed by atoms with van der Waals surface area (Å²) in [7, 11) is 0. The third-order valence-electron chi connectivity index (χ3n) is 2.20. The molecule has 0 fully saturated rings. The van der Waals surface area contributed by atoms with Crippen LogP contribution in [0.25, 0.3) is 0 Å². The summed E-state index contributed by atoms with van der Waals surface area (Å²) in [6, 6.07) is 0. The van der Waals surface area contributed by atoms with Crippen molar-refractivity contribution in [3.8, 4) is 0 Å². The number of imidazole rings is 1. The highest BCUT2D eigenvalue weighted by Crippen LogP contribution is 2.01. The Morgan fingerprint density at radius 3 is 2.76 bits per heavy atom. The second kappa shape index (κ2) is 4.08. The van der Waals surface area contributed by atoms with Crippen LogP contribution in [0.1, 0.15) is 11.3 Å². The Bertz CT molecular complexity index is 665. The van der Waals surface area contributed by atoms with E-state index in [1.165, 1.54) is 30.2 Å². The number of aromatic amines is 2. The first-order valence-electron chi connectivity index (χ1n) is 4.67. The Labute approximate surface area is 94.3 Å². The van der Waals surface area contributed by atoms with E-state index < -0.39 is 11.2 Å². The summed E-state index contributed by atoms with van der Waals surface area (Å²) >= 11 is 0. The molecule has 0 aliphatic rings. The zero-order valence-electron chi connectivity index (χ0n) is 8.84. The number of aromatic nitrogens is 4. The van der Waals surface area contributed by atoms with E-state index in [0.717, 1.165) is 0 Å². The van der Waals surface area contributed by atoms with Gasteiger partial charge in [0.15, 0.2) is 5.84 Å². The number of hydrogen-bond donors (Lipinski definition) is 3. The molecule has 2 rings (SSSR count). The van der Waals surface area contributed by atoms with E-state index in [0.29, 0.717) is 5.69 Å². The molecule has 0 amide bonds. The maximum atomic E-state index is 11.7. The zero-order valence-corrected chi connectivity index (χ0v) is 8.84. The van der Waals surface area contributed by atoms with Gasteiger partial charge in [-0.3, -0.25) is 14.3 Å². The maximum absolute atomic E-state index is 11.7. The van der Waals surface area contributed by atoms with E-state index in [9.17, 15) is 9.59 Å². The van der Waals surface area contributed by atoms with Gasteiger partial charge in [-0.25, -0.2) is 9.78 Å². The van der Waals surface area contributed by atoms with Crippen LogP contribution < -0.4 is 11.2 Å². The fourth-order valence-electron chi connectivity index (χ4n) is 1.48. The lowest BCUT2D eigenvalue weighted by Crippen LogP contribution is -2.32. The van der Waals surface area contributed by atoms with Crippen LogP contribution in [0.5, 0.6) is 0 Å². The van der Waals surface area contributed by atoms with Crippen LogP contribution in [0.3, 0.4) is 0 Å². The van der Waals surface area contributed by atoms with E-state index in [-0.39, 0.29) is 11.4 Å². The average molecular weight is 235 g/mol. The molecule has 0 atom stereocenters. The molecule has 8 heteroatoms. The van der Waals surface area contributed by atoms with E-state index >= 15 is 0 Å². The number of rotatable bonds is 1. The molecule has 2 aromatic heterocycles. The second-order valence-electron chi connectivity index (χ2n) is 3.30. The number of aryl methyl sites for hydroxylation is 1. The van der Waals surface area contributed by atoms with E-state index in [2.05, 4.69) is 20.1 Å². The van der Waals surface area contributed by atoms with E-state index in [1.54, 1.807) is 0 Å². The molecule has 0 spiro atoms. The fraction of sp³-hybridized carbons (Fsp3) is 0.111. The Morgan fingerprint density at radius 2 is 2.24 bits per heavy atom. The van der Waals surface area contributed by atoms with Gasteiger partial charge in [-0.1, -0.05) is 5.16 Å². The van der Waals surface area contributed by atoms with Crippen molar-refractivity contribution in [2.45, 2.75) is 6.92 Å². The molecule has 0 bridgehead atoms. The van der Waals surface area contributed by atoms with Crippen molar-refractivity contribution in [2.75, 3.05) is 0 Å². The van der Waals surface area contributed by atoms with Crippen LogP contribution in [0.2, 0.25) is 0 Å². The SMILES string of the molecule is Cc1[nH]c(=O)[nH]c(=O)c1C(=NO)n1ccnc1. The van der Waals surface area contributed by atoms with Gasteiger partial charge in [0.1, 0.15) is 11.9 Å². The molecule has 0 aliphatic carbocycles. The molecule has 3 N–H and O–H groups in total. The lowest BCUT2D eigenvalue weighted by Gasteiger charge is -2.06. The molecule has 0 unspecified atom stereocenters. The monoisotopic (exact) mass is 235 g/mol. The molecule has 2 aromatic rings. The summed E-state index contributed by atoms with van der Waals surface area (Å²) in [6.07, 6.45) is 4.36. The zero-order chi connectivity index (χ0) is 12.4. The van der Waals surface area contributed by atoms with Gasteiger partial charge in [-0.05, 0) is 6.92 Å². The van der Waals surface area contributed by atoms with Gasteiger partial charge >= 0.3 is 5.69 Å². The van der Waals surface area contributed by atoms with Crippen LogP contribution >= 0.6 is 0 Å². The van der Waals surface area contributed by atoms with Crippen molar-refractivity contribution >= 4 is 5.84 Å². The van der Waals surface area contributed by atoms with Crippen molar-refractivity contribution in [2.24, 2.45) is 5.16 Å². The van der Waals surface area contributed by atoms with Crippen LogP contribution in [-0.4, -0.2) is 30.6 Å². The molecular weight excluding hydrogens is 226 g/mol. The second-order valence-corrected chi connectivity index (χ2v) is 3.30.